The fraction of sp³-hybridized carbons (Fsp3) is 0.562. The number of nitrogens with one attached hydrogen (secondary N) is 1. The first-order chi connectivity index (χ1) is 10.0. The molecule has 116 valence electrons. The Morgan fingerprint density at radius 2 is 2.00 bits per heavy atom. The minimum absolute atomic E-state index is 0.0824. The number of nitrogen functional groups attached to an aromatic ring is 1. The number of anilines is 2. The van der Waals surface area contributed by atoms with Crippen LogP contribution in [-0.2, 0) is 14.3 Å². The Morgan fingerprint density at radius 3 is 2.67 bits per heavy atom. The van der Waals surface area contributed by atoms with E-state index >= 15 is 0 Å². The Labute approximate surface area is 125 Å². The van der Waals surface area contributed by atoms with Crippen LogP contribution in [0.5, 0.6) is 0 Å². The first-order valence-corrected chi connectivity index (χ1v) is 7.46. The summed E-state index contributed by atoms with van der Waals surface area (Å²) >= 11 is 0. The van der Waals surface area contributed by atoms with Gasteiger partial charge in [0, 0.05) is 0 Å². The van der Waals surface area contributed by atoms with E-state index in [0.717, 1.165) is 12.8 Å². The molecule has 21 heavy (non-hydrogen) atoms. The van der Waals surface area contributed by atoms with Crippen molar-refractivity contribution >= 4 is 17.3 Å². The lowest BCUT2D eigenvalue weighted by Crippen LogP contribution is -2.34. The van der Waals surface area contributed by atoms with Crippen molar-refractivity contribution in [3.63, 3.8) is 0 Å². The van der Waals surface area contributed by atoms with Crippen LogP contribution >= 0.6 is 0 Å². The fourth-order valence-electron chi connectivity index (χ4n) is 2.62. The summed E-state index contributed by atoms with van der Waals surface area (Å²) in [6.07, 6.45) is 2.72. The maximum atomic E-state index is 11.9. The predicted octanol–water partition coefficient (Wildman–Crippen LogP) is 2.57. The molecule has 1 saturated heterocycles. The number of carbonyl (C=O) groups is 1. The Balaban J connectivity index is 1.71. The van der Waals surface area contributed by atoms with Gasteiger partial charge in [-0.2, -0.15) is 0 Å². The van der Waals surface area contributed by atoms with Crippen molar-refractivity contribution < 1.29 is 14.3 Å². The zero-order chi connectivity index (χ0) is 15.2. The lowest BCUT2D eigenvalue weighted by Gasteiger charge is -2.31. The molecular formula is C16H24N2O3. The highest BCUT2D eigenvalue weighted by Crippen LogP contribution is 2.22. The number of hydrogen-bond donors (Lipinski definition) is 2. The molecule has 0 aromatic heterocycles. The molecule has 1 aliphatic rings. The summed E-state index contributed by atoms with van der Waals surface area (Å²) in [7, 11) is 0. The molecule has 5 heteroatoms. The van der Waals surface area contributed by atoms with Gasteiger partial charge in [0.1, 0.15) is 0 Å². The Morgan fingerprint density at radius 1 is 1.33 bits per heavy atom. The number of nitrogens with two attached hydrogens (primary N) is 1. The van der Waals surface area contributed by atoms with Crippen molar-refractivity contribution in [2.75, 3.05) is 17.7 Å². The summed E-state index contributed by atoms with van der Waals surface area (Å²) in [5.41, 5.74) is 7.00. The maximum absolute atomic E-state index is 11.9. The minimum atomic E-state index is -0.0824. The van der Waals surface area contributed by atoms with Crippen LogP contribution in [0.1, 0.15) is 33.1 Å². The van der Waals surface area contributed by atoms with Gasteiger partial charge in [-0.25, -0.2) is 0 Å². The second-order valence-corrected chi connectivity index (χ2v) is 5.61. The molecule has 1 aromatic carbocycles. The second kappa shape index (κ2) is 7.43. The van der Waals surface area contributed by atoms with Crippen LogP contribution in [0.15, 0.2) is 24.3 Å². The number of benzene rings is 1. The van der Waals surface area contributed by atoms with E-state index in [0.29, 0.717) is 24.4 Å². The van der Waals surface area contributed by atoms with Gasteiger partial charge in [0.05, 0.1) is 42.7 Å². The highest BCUT2D eigenvalue weighted by molar-refractivity contribution is 5.93. The van der Waals surface area contributed by atoms with E-state index in [4.69, 9.17) is 15.2 Å². The van der Waals surface area contributed by atoms with Crippen molar-refractivity contribution in [1.82, 2.24) is 0 Å². The number of carbonyl (C=O) groups excluding carboxylic acids is 1. The fourth-order valence-corrected chi connectivity index (χ4v) is 2.62. The zero-order valence-electron chi connectivity index (χ0n) is 12.7. The highest BCUT2D eigenvalue weighted by Gasteiger charge is 2.24. The monoisotopic (exact) mass is 292 g/mol. The third kappa shape index (κ3) is 5.02. The van der Waals surface area contributed by atoms with E-state index in [2.05, 4.69) is 19.2 Å². The molecule has 5 nitrogen and oxygen atoms in total. The molecule has 1 fully saturated rings. The average Bonchev–Trinajstić information content (AvgIpc) is 2.40. The van der Waals surface area contributed by atoms with Crippen LogP contribution in [0.3, 0.4) is 0 Å². The number of amides is 1. The highest BCUT2D eigenvalue weighted by atomic mass is 16.5. The third-order valence-electron chi connectivity index (χ3n) is 3.57. The molecule has 0 spiro atoms. The van der Waals surface area contributed by atoms with Gasteiger partial charge in [0.25, 0.3) is 0 Å². The number of rotatable bonds is 5. The smallest absolute Gasteiger partial charge is 0.226 e. The quantitative estimate of drug-likeness (QED) is 0.818. The third-order valence-corrected chi connectivity index (χ3v) is 3.57. The SMILES string of the molecule is CC1CC(OCCC(=O)Nc2ccccc2N)CC(C)O1. The molecule has 2 rings (SSSR count). The summed E-state index contributed by atoms with van der Waals surface area (Å²) in [6.45, 7) is 4.52. The second-order valence-electron chi connectivity index (χ2n) is 5.61. The maximum Gasteiger partial charge on any atom is 0.226 e. The Bertz CT molecular complexity index is 468. The summed E-state index contributed by atoms with van der Waals surface area (Å²) in [4.78, 5) is 11.9. The van der Waals surface area contributed by atoms with Gasteiger partial charge in [-0.15, -0.1) is 0 Å². The van der Waals surface area contributed by atoms with Crippen LogP contribution in [0.4, 0.5) is 11.4 Å². The molecule has 0 saturated carbocycles. The van der Waals surface area contributed by atoms with Gasteiger partial charge in [0.15, 0.2) is 0 Å². The largest absolute Gasteiger partial charge is 0.397 e. The summed E-state index contributed by atoms with van der Waals surface area (Å²) in [5.74, 6) is -0.0824. The molecule has 0 radical (unpaired) electrons. The van der Waals surface area contributed by atoms with Crippen molar-refractivity contribution in [3.05, 3.63) is 24.3 Å². The molecule has 1 heterocycles. The van der Waals surface area contributed by atoms with Crippen LogP contribution in [0, 0.1) is 0 Å². The van der Waals surface area contributed by atoms with Gasteiger partial charge in [-0.3, -0.25) is 4.79 Å². The van der Waals surface area contributed by atoms with Gasteiger partial charge >= 0.3 is 0 Å². The molecule has 0 bridgehead atoms. The molecular weight excluding hydrogens is 268 g/mol. The first-order valence-electron chi connectivity index (χ1n) is 7.46. The van der Waals surface area contributed by atoms with Gasteiger partial charge in [-0.05, 0) is 38.8 Å². The lowest BCUT2D eigenvalue weighted by molar-refractivity contribution is -0.121. The molecule has 1 amide bonds. The topological polar surface area (TPSA) is 73.6 Å². The van der Waals surface area contributed by atoms with E-state index in [-0.39, 0.29) is 24.2 Å². The predicted molar refractivity (Wildman–Crippen MR) is 83.1 cm³/mol. The van der Waals surface area contributed by atoms with Gasteiger partial charge in [-0.1, -0.05) is 12.1 Å². The number of ether oxygens (including phenoxy) is 2. The standard InChI is InChI=1S/C16H24N2O3/c1-11-9-13(10-12(2)21-11)20-8-7-16(19)18-15-6-4-3-5-14(15)17/h3-6,11-13H,7-10,17H2,1-2H3,(H,18,19). The van der Waals surface area contributed by atoms with Gasteiger partial charge < -0.3 is 20.5 Å². The van der Waals surface area contributed by atoms with Crippen molar-refractivity contribution in [2.45, 2.75) is 51.4 Å². The van der Waals surface area contributed by atoms with Crippen molar-refractivity contribution in [1.29, 1.82) is 0 Å². The van der Waals surface area contributed by atoms with E-state index in [1.54, 1.807) is 12.1 Å². The van der Waals surface area contributed by atoms with Crippen LogP contribution in [0.2, 0.25) is 0 Å². The molecule has 3 N–H and O–H groups in total. The zero-order valence-corrected chi connectivity index (χ0v) is 12.7. The van der Waals surface area contributed by atoms with E-state index in [1.807, 2.05) is 12.1 Å². The molecule has 0 aliphatic carbocycles. The summed E-state index contributed by atoms with van der Waals surface area (Å²) in [6, 6.07) is 7.22. The summed E-state index contributed by atoms with van der Waals surface area (Å²) < 4.78 is 11.5. The van der Waals surface area contributed by atoms with E-state index < -0.39 is 0 Å². The Hall–Kier alpha value is -1.59. The van der Waals surface area contributed by atoms with Crippen molar-refractivity contribution in [2.24, 2.45) is 0 Å². The first kappa shape index (κ1) is 15.8. The average molecular weight is 292 g/mol. The summed E-state index contributed by atoms with van der Waals surface area (Å²) in [5, 5.41) is 2.80. The molecule has 1 aliphatic heterocycles. The van der Waals surface area contributed by atoms with E-state index in [1.165, 1.54) is 0 Å². The minimum Gasteiger partial charge on any atom is -0.397 e. The van der Waals surface area contributed by atoms with E-state index in [9.17, 15) is 4.79 Å². The molecule has 1 aromatic rings. The normalized spacial score (nSPS) is 25.5. The van der Waals surface area contributed by atoms with Crippen LogP contribution in [-0.4, -0.2) is 30.8 Å². The van der Waals surface area contributed by atoms with Crippen LogP contribution < -0.4 is 11.1 Å². The molecule has 2 atom stereocenters. The Kier molecular flexibility index (Phi) is 5.59. The number of para-hydroxylation sites is 2. The lowest BCUT2D eigenvalue weighted by atomic mass is 10.0. The van der Waals surface area contributed by atoms with Crippen molar-refractivity contribution in [3.8, 4) is 0 Å². The number of hydrogen-bond acceptors (Lipinski definition) is 4. The van der Waals surface area contributed by atoms with Gasteiger partial charge in [0.2, 0.25) is 5.91 Å². The van der Waals surface area contributed by atoms with Crippen LogP contribution in [0.25, 0.3) is 0 Å². The molecule has 2 unspecified atom stereocenters.